The molecule has 17 heavy (non-hydrogen) atoms. The first-order valence-corrected chi connectivity index (χ1v) is 7.31. The number of aryl methyl sites for hydroxylation is 2. The molecule has 1 aromatic carbocycles. The van der Waals surface area contributed by atoms with E-state index >= 15 is 0 Å². The standard InChI is InChI=1S/C12H19NO3S/c1-4-5-6-17(15,16)13-11-8-9(2)7-10(3)12(11)14/h7-8,13-14H,4-6H2,1-3H3. The van der Waals surface area contributed by atoms with Gasteiger partial charge in [0.15, 0.2) is 0 Å². The highest BCUT2D eigenvalue weighted by Gasteiger charge is 2.13. The van der Waals surface area contributed by atoms with Crippen molar-refractivity contribution in [3.05, 3.63) is 23.3 Å². The summed E-state index contributed by atoms with van der Waals surface area (Å²) in [5, 5.41) is 9.78. The molecule has 0 amide bonds. The maximum absolute atomic E-state index is 11.7. The summed E-state index contributed by atoms with van der Waals surface area (Å²) in [6.07, 6.45) is 1.43. The van der Waals surface area contributed by atoms with Crippen LogP contribution in [0.15, 0.2) is 12.1 Å². The van der Waals surface area contributed by atoms with Gasteiger partial charge < -0.3 is 5.11 Å². The Morgan fingerprint density at radius 3 is 2.53 bits per heavy atom. The van der Waals surface area contributed by atoms with Gasteiger partial charge in [0.1, 0.15) is 5.75 Å². The summed E-state index contributed by atoms with van der Waals surface area (Å²) in [5.41, 5.74) is 1.84. The van der Waals surface area contributed by atoms with Gasteiger partial charge in [-0.05, 0) is 37.5 Å². The number of hydrogen-bond donors (Lipinski definition) is 2. The Kier molecular flexibility index (Phi) is 4.40. The Hall–Kier alpha value is -1.23. The SMILES string of the molecule is CCCCS(=O)(=O)Nc1cc(C)cc(C)c1O. The second-order valence-corrected chi connectivity index (χ2v) is 6.09. The summed E-state index contributed by atoms with van der Waals surface area (Å²) >= 11 is 0. The van der Waals surface area contributed by atoms with Crippen molar-refractivity contribution in [3.63, 3.8) is 0 Å². The molecule has 0 atom stereocenters. The van der Waals surface area contributed by atoms with Crippen LogP contribution in [0.25, 0.3) is 0 Å². The molecule has 0 radical (unpaired) electrons. The largest absolute Gasteiger partial charge is 0.505 e. The summed E-state index contributed by atoms with van der Waals surface area (Å²) in [4.78, 5) is 0. The summed E-state index contributed by atoms with van der Waals surface area (Å²) in [5.74, 6) is 0.0753. The number of anilines is 1. The summed E-state index contributed by atoms with van der Waals surface area (Å²) in [6, 6.07) is 3.44. The average Bonchev–Trinajstić information content (AvgIpc) is 2.22. The maximum atomic E-state index is 11.7. The molecule has 2 N–H and O–H groups in total. The number of phenolic OH excluding ortho intramolecular Hbond substituents is 1. The third-order valence-electron chi connectivity index (χ3n) is 2.48. The molecular weight excluding hydrogens is 238 g/mol. The number of rotatable bonds is 5. The summed E-state index contributed by atoms with van der Waals surface area (Å²) in [6.45, 7) is 5.53. The number of benzene rings is 1. The third-order valence-corrected chi connectivity index (χ3v) is 3.83. The zero-order chi connectivity index (χ0) is 13.1. The molecule has 5 heteroatoms. The van der Waals surface area contributed by atoms with Gasteiger partial charge in [-0.1, -0.05) is 19.4 Å². The second kappa shape index (κ2) is 5.40. The fraction of sp³-hybridized carbons (Fsp3) is 0.500. The maximum Gasteiger partial charge on any atom is 0.232 e. The smallest absolute Gasteiger partial charge is 0.232 e. The first kappa shape index (κ1) is 13.8. The number of nitrogens with one attached hydrogen (secondary N) is 1. The van der Waals surface area contributed by atoms with E-state index in [1.165, 1.54) is 0 Å². The Bertz CT molecular complexity index is 495. The lowest BCUT2D eigenvalue weighted by Gasteiger charge is -2.11. The first-order valence-electron chi connectivity index (χ1n) is 5.66. The molecule has 0 saturated heterocycles. The Labute approximate surface area is 103 Å². The van der Waals surface area contributed by atoms with Crippen LogP contribution in [0.3, 0.4) is 0 Å². The number of aromatic hydroxyl groups is 1. The van der Waals surface area contributed by atoms with Crippen molar-refractivity contribution >= 4 is 15.7 Å². The predicted octanol–water partition coefficient (Wildman–Crippen LogP) is 2.55. The lowest BCUT2D eigenvalue weighted by Crippen LogP contribution is -2.16. The molecule has 0 aliphatic carbocycles. The van der Waals surface area contributed by atoms with Gasteiger partial charge in [0.2, 0.25) is 10.0 Å². The highest BCUT2D eigenvalue weighted by atomic mass is 32.2. The van der Waals surface area contributed by atoms with Crippen molar-refractivity contribution in [2.75, 3.05) is 10.5 Å². The van der Waals surface area contributed by atoms with Gasteiger partial charge in [0.25, 0.3) is 0 Å². The van der Waals surface area contributed by atoms with Gasteiger partial charge >= 0.3 is 0 Å². The molecule has 0 aliphatic heterocycles. The minimum Gasteiger partial charge on any atom is -0.505 e. The van der Waals surface area contributed by atoms with Crippen molar-refractivity contribution < 1.29 is 13.5 Å². The van der Waals surface area contributed by atoms with Gasteiger partial charge in [-0.15, -0.1) is 0 Å². The van der Waals surface area contributed by atoms with E-state index in [0.29, 0.717) is 12.0 Å². The summed E-state index contributed by atoms with van der Waals surface area (Å²) < 4.78 is 25.8. The van der Waals surface area contributed by atoms with Gasteiger partial charge in [-0.25, -0.2) is 8.42 Å². The van der Waals surface area contributed by atoms with E-state index in [9.17, 15) is 13.5 Å². The Morgan fingerprint density at radius 2 is 1.94 bits per heavy atom. The second-order valence-electron chi connectivity index (χ2n) is 4.25. The van der Waals surface area contributed by atoms with E-state index in [1.807, 2.05) is 13.8 Å². The molecule has 1 aromatic rings. The van der Waals surface area contributed by atoms with Crippen LogP contribution in [0.1, 0.15) is 30.9 Å². The number of sulfonamides is 1. The molecule has 0 heterocycles. The van der Waals surface area contributed by atoms with E-state index in [1.54, 1.807) is 19.1 Å². The Balaban J connectivity index is 2.95. The van der Waals surface area contributed by atoms with Crippen LogP contribution < -0.4 is 4.72 Å². The van der Waals surface area contributed by atoms with Crippen molar-refractivity contribution in [3.8, 4) is 5.75 Å². The average molecular weight is 257 g/mol. The van der Waals surface area contributed by atoms with Crippen molar-refractivity contribution in [1.29, 1.82) is 0 Å². The zero-order valence-electron chi connectivity index (χ0n) is 10.4. The fourth-order valence-corrected chi connectivity index (χ4v) is 2.85. The Morgan fingerprint density at radius 1 is 1.29 bits per heavy atom. The number of phenols is 1. The lowest BCUT2D eigenvalue weighted by atomic mass is 10.1. The van der Waals surface area contributed by atoms with Crippen LogP contribution in [-0.4, -0.2) is 19.3 Å². The molecule has 4 nitrogen and oxygen atoms in total. The van der Waals surface area contributed by atoms with Crippen molar-refractivity contribution in [2.24, 2.45) is 0 Å². The van der Waals surface area contributed by atoms with E-state index in [-0.39, 0.29) is 17.2 Å². The van der Waals surface area contributed by atoms with E-state index < -0.39 is 10.0 Å². The van der Waals surface area contributed by atoms with Gasteiger partial charge in [-0.2, -0.15) is 0 Å². The molecule has 0 fully saturated rings. The molecule has 0 aliphatic rings. The topological polar surface area (TPSA) is 66.4 Å². The van der Waals surface area contributed by atoms with Crippen LogP contribution in [-0.2, 0) is 10.0 Å². The van der Waals surface area contributed by atoms with Crippen LogP contribution >= 0.6 is 0 Å². The number of hydrogen-bond acceptors (Lipinski definition) is 3. The van der Waals surface area contributed by atoms with E-state index in [2.05, 4.69) is 4.72 Å². The van der Waals surface area contributed by atoms with Crippen molar-refractivity contribution in [2.45, 2.75) is 33.6 Å². The molecule has 0 unspecified atom stereocenters. The fourth-order valence-electron chi connectivity index (χ4n) is 1.59. The van der Waals surface area contributed by atoms with Crippen LogP contribution in [0.2, 0.25) is 0 Å². The minimum atomic E-state index is -3.36. The predicted molar refractivity (Wildman–Crippen MR) is 69.9 cm³/mol. The van der Waals surface area contributed by atoms with Gasteiger partial charge in [0, 0.05) is 0 Å². The van der Waals surface area contributed by atoms with E-state index in [0.717, 1.165) is 12.0 Å². The first-order chi connectivity index (χ1) is 7.85. The van der Waals surface area contributed by atoms with E-state index in [4.69, 9.17) is 0 Å². The van der Waals surface area contributed by atoms with Crippen LogP contribution in [0.5, 0.6) is 5.75 Å². The highest BCUT2D eigenvalue weighted by molar-refractivity contribution is 7.92. The number of unbranched alkanes of at least 4 members (excludes halogenated alkanes) is 1. The molecule has 0 bridgehead atoms. The van der Waals surface area contributed by atoms with Crippen LogP contribution in [0.4, 0.5) is 5.69 Å². The molecule has 0 aromatic heterocycles. The monoisotopic (exact) mass is 257 g/mol. The normalized spacial score (nSPS) is 11.5. The molecule has 96 valence electrons. The zero-order valence-corrected chi connectivity index (χ0v) is 11.3. The minimum absolute atomic E-state index is 0.00401. The quantitative estimate of drug-likeness (QED) is 0.797. The summed E-state index contributed by atoms with van der Waals surface area (Å²) in [7, 11) is -3.36. The molecule has 1 rings (SSSR count). The lowest BCUT2D eigenvalue weighted by molar-refractivity contribution is 0.473. The van der Waals surface area contributed by atoms with Crippen molar-refractivity contribution in [1.82, 2.24) is 0 Å². The highest BCUT2D eigenvalue weighted by Crippen LogP contribution is 2.29. The molecule has 0 saturated carbocycles. The third kappa shape index (κ3) is 3.93. The molecule has 0 spiro atoms. The van der Waals surface area contributed by atoms with Crippen LogP contribution in [0, 0.1) is 13.8 Å². The van der Waals surface area contributed by atoms with Gasteiger partial charge in [-0.3, -0.25) is 4.72 Å². The molecular formula is C12H19NO3S. The van der Waals surface area contributed by atoms with Gasteiger partial charge in [0.05, 0.1) is 11.4 Å².